The van der Waals surface area contributed by atoms with Crippen molar-refractivity contribution in [2.75, 3.05) is 26.8 Å². The van der Waals surface area contributed by atoms with Crippen LogP contribution in [0.5, 0.6) is 0 Å². The van der Waals surface area contributed by atoms with E-state index < -0.39 is 16.1 Å². The molecule has 7 nitrogen and oxygen atoms in total. The first-order valence-corrected chi connectivity index (χ1v) is 8.92. The molecule has 0 heterocycles. The molecule has 0 saturated heterocycles. The van der Waals surface area contributed by atoms with Crippen molar-refractivity contribution in [3.8, 4) is 0 Å². The lowest BCUT2D eigenvalue weighted by molar-refractivity contribution is -0.123. The van der Waals surface area contributed by atoms with Gasteiger partial charge in [0.15, 0.2) is 0 Å². The molecule has 1 aromatic carbocycles. The van der Waals surface area contributed by atoms with Gasteiger partial charge in [-0.05, 0) is 17.7 Å². The number of methoxy groups -OCH3 is 1. The van der Waals surface area contributed by atoms with Gasteiger partial charge in [-0.15, -0.1) is 12.4 Å². The zero-order valence-electron chi connectivity index (χ0n) is 14.2. The molecule has 1 unspecified atom stereocenters. The van der Waals surface area contributed by atoms with Crippen molar-refractivity contribution in [3.63, 3.8) is 0 Å². The topological polar surface area (TPSA) is 102 Å². The predicted molar refractivity (Wildman–Crippen MR) is 95.5 cm³/mol. The highest BCUT2D eigenvalue weighted by atomic mass is 35.5. The molecule has 0 aliphatic heterocycles. The van der Waals surface area contributed by atoms with E-state index in [-0.39, 0.29) is 36.4 Å². The second kappa shape index (κ2) is 10.6. The second-order valence-corrected chi connectivity index (χ2v) is 6.95. The SMILES string of the molecule is CCN(CC)S(=O)(=O)c1ccc(CNC(=O)C(N)COC)cc1.Cl. The van der Waals surface area contributed by atoms with Gasteiger partial charge in [0.2, 0.25) is 15.9 Å². The molecule has 3 N–H and O–H groups in total. The first-order valence-electron chi connectivity index (χ1n) is 7.48. The average Bonchev–Trinajstić information content (AvgIpc) is 2.54. The minimum absolute atomic E-state index is 0. The van der Waals surface area contributed by atoms with Gasteiger partial charge in [-0.1, -0.05) is 26.0 Å². The maximum Gasteiger partial charge on any atom is 0.243 e. The van der Waals surface area contributed by atoms with Gasteiger partial charge in [0.05, 0.1) is 11.5 Å². The van der Waals surface area contributed by atoms with Crippen molar-refractivity contribution in [3.05, 3.63) is 29.8 Å². The Bertz CT molecular complexity index is 604. The Kier molecular flexibility index (Phi) is 10.1. The number of carbonyl (C=O) groups is 1. The van der Waals surface area contributed by atoms with Crippen LogP contribution in [-0.4, -0.2) is 51.5 Å². The van der Waals surface area contributed by atoms with Gasteiger partial charge in [0.25, 0.3) is 0 Å². The number of halogens is 1. The number of ether oxygens (including phenoxy) is 1. The quantitative estimate of drug-likeness (QED) is 0.658. The summed E-state index contributed by atoms with van der Waals surface area (Å²) in [5, 5.41) is 2.68. The van der Waals surface area contributed by atoms with E-state index in [4.69, 9.17) is 10.5 Å². The Morgan fingerprint density at radius 1 is 1.25 bits per heavy atom. The van der Waals surface area contributed by atoms with E-state index in [1.54, 1.807) is 38.1 Å². The summed E-state index contributed by atoms with van der Waals surface area (Å²) >= 11 is 0. The maximum absolute atomic E-state index is 12.4. The Labute approximate surface area is 150 Å². The summed E-state index contributed by atoms with van der Waals surface area (Å²) in [7, 11) is -1.99. The van der Waals surface area contributed by atoms with Crippen molar-refractivity contribution in [1.29, 1.82) is 0 Å². The molecule has 9 heteroatoms. The third kappa shape index (κ3) is 6.03. The van der Waals surface area contributed by atoms with Gasteiger partial charge in [-0.2, -0.15) is 4.31 Å². The predicted octanol–water partition coefficient (Wildman–Crippen LogP) is 0.729. The summed E-state index contributed by atoms with van der Waals surface area (Å²) in [4.78, 5) is 11.9. The van der Waals surface area contributed by atoms with E-state index in [0.717, 1.165) is 5.56 Å². The number of amides is 1. The van der Waals surface area contributed by atoms with Gasteiger partial charge < -0.3 is 15.8 Å². The fourth-order valence-corrected chi connectivity index (χ4v) is 3.53. The number of sulfonamides is 1. The van der Waals surface area contributed by atoms with E-state index in [1.165, 1.54) is 11.4 Å². The summed E-state index contributed by atoms with van der Waals surface area (Å²) in [5.41, 5.74) is 6.41. The Balaban J connectivity index is 0.00000529. The van der Waals surface area contributed by atoms with Crippen LogP contribution in [0.4, 0.5) is 0 Å². The number of carbonyl (C=O) groups excluding carboxylic acids is 1. The molecule has 0 aromatic heterocycles. The lowest BCUT2D eigenvalue weighted by atomic mass is 10.2. The smallest absolute Gasteiger partial charge is 0.243 e. The number of hydrogen-bond acceptors (Lipinski definition) is 5. The number of nitrogens with one attached hydrogen (secondary N) is 1. The van der Waals surface area contributed by atoms with E-state index in [0.29, 0.717) is 13.1 Å². The van der Waals surface area contributed by atoms with Crippen LogP contribution in [-0.2, 0) is 26.1 Å². The van der Waals surface area contributed by atoms with E-state index >= 15 is 0 Å². The molecule has 0 radical (unpaired) electrons. The fourth-order valence-electron chi connectivity index (χ4n) is 2.07. The van der Waals surface area contributed by atoms with Crippen LogP contribution in [0, 0.1) is 0 Å². The fraction of sp³-hybridized carbons (Fsp3) is 0.533. The normalized spacial score (nSPS) is 12.5. The monoisotopic (exact) mass is 379 g/mol. The van der Waals surface area contributed by atoms with Crippen LogP contribution in [0.25, 0.3) is 0 Å². The van der Waals surface area contributed by atoms with Crippen molar-refractivity contribution in [2.45, 2.75) is 31.3 Å². The second-order valence-electron chi connectivity index (χ2n) is 5.01. The molecule has 0 saturated carbocycles. The third-order valence-electron chi connectivity index (χ3n) is 3.42. The Morgan fingerprint density at radius 2 is 1.79 bits per heavy atom. The van der Waals surface area contributed by atoms with Crippen LogP contribution < -0.4 is 11.1 Å². The standard InChI is InChI=1S/C15H25N3O4S.ClH/c1-4-18(5-2)23(20,21)13-8-6-12(7-9-13)10-17-15(19)14(16)11-22-3;/h6-9,14H,4-5,10-11,16H2,1-3H3,(H,17,19);1H. The van der Waals surface area contributed by atoms with Gasteiger partial charge in [-0.25, -0.2) is 8.42 Å². The van der Waals surface area contributed by atoms with Gasteiger partial charge in [-0.3, -0.25) is 4.79 Å². The third-order valence-corrected chi connectivity index (χ3v) is 5.48. The zero-order chi connectivity index (χ0) is 17.5. The van der Waals surface area contributed by atoms with Crippen molar-refractivity contribution in [2.24, 2.45) is 5.73 Å². The molecule has 1 aromatic rings. The summed E-state index contributed by atoms with van der Waals surface area (Å²) in [6.07, 6.45) is 0. The number of rotatable bonds is 9. The van der Waals surface area contributed by atoms with Crippen LogP contribution in [0.15, 0.2) is 29.2 Å². The first-order chi connectivity index (χ1) is 10.9. The van der Waals surface area contributed by atoms with Gasteiger partial charge >= 0.3 is 0 Å². The van der Waals surface area contributed by atoms with E-state index in [2.05, 4.69) is 5.32 Å². The summed E-state index contributed by atoms with van der Waals surface area (Å²) in [6, 6.07) is 5.73. The molecular weight excluding hydrogens is 354 g/mol. The molecule has 24 heavy (non-hydrogen) atoms. The van der Waals surface area contributed by atoms with Crippen molar-refractivity contribution >= 4 is 28.3 Å². The molecule has 138 valence electrons. The largest absolute Gasteiger partial charge is 0.383 e. The van der Waals surface area contributed by atoms with Crippen molar-refractivity contribution in [1.82, 2.24) is 9.62 Å². The Hall–Kier alpha value is -1.19. The Morgan fingerprint density at radius 3 is 2.25 bits per heavy atom. The summed E-state index contributed by atoms with van der Waals surface area (Å²) in [6.45, 7) is 4.87. The maximum atomic E-state index is 12.4. The first kappa shape index (κ1) is 22.8. The van der Waals surface area contributed by atoms with Crippen LogP contribution in [0.3, 0.4) is 0 Å². The average molecular weight is 380 g/mol. The molecule has 1 amide bonds. The number of hydrogen-bond donors (Lipinski definition) is 2. The van der Waals surface area contributed by atoms with Gasteiger partial charge in [0, 0.05) is 26.7 Å². The highest BCUT2D eigenvalue weighted by Gasteiger charge is 2.21. The lowest BCUT2D eigenvalue weighted by Gasteiger charge is -2.18. The summed E-state index contributed by atoms with van der Waals surface area (Å²) in [5.74, 6) is -0.313. The molecule has 0 spiro atoms. The van der Waals surface area contributed by atoms with E-state index in [9.17, 15) is 13.2 Å². The van der Waals surface area contributed by atoms with Crippen LogP contribution >= 0.6 is 12.4 Å². The molecular formula is C15H26ClN3O4S. The highest BCUT2D eigenvalue weighted by Crippen LogP contribution is 2.16. The van der Waals surface area contributed by atoms with Crippen molar-refractivity contribution < 1.29 is 17.9 Å². The lowest BCUT2D eigenvalue weighted by Crippen LogP contribution is -2.43. The zero-order valence-corrected chi connectivity index (χ0v) is 15.8. The van der Waals surface area contributed by atoms with E-state index in [1.807, 2.05) is 0 Å². The number of nitrogens with zero attached hydrogens (tertiary/aromatic N) is 1. The van der Waals surface area contributed by atoms with Crippen LogP contribution in [0.1, 0.15) is 19.4 Å². The molecule has 0 aliphatic rings. The highest BCUT2D eigenvalue weighted by molar-refractivity contribution is 7.89. The number of benzene rings is 1. The molecule has 1 atom stereocenters. The molecule has 0 bridgehead atoms. The summed E-state index contributed by atoms with van der Waals surface area (Å²) < 4.78 is 30.9. The minimum Gasteiger partial charge on any atom is -0.383 e. The molecule has 1 rings (SSSR count). The molecule has 0 aliphatic carbocycles. The molecule has 0 fully saturated rings. The number of nitrogens with two attached hydrogens (primary N) is 1. The van der Waals surface area contributed by atoms with Gasteiger partial charge in [0.1, 0.15) is 6.04 Å². The van der Waals surface area contributed by atoms with Crippen LogP contribution in [0.2, 0.25) is 0 Å². The minimum atomic E-state index is -3.46.